The largest absolute Gasteiger partial charge is 0.481 e. The van der Waals surface area contributed by atoms with Crippen molar-refractivity contribution in [2.45, 2.75) is 51.4 Å². The van der Waals surface area contributed by atoms with Crippen molar-refractivity contribution in [3.63, 3.8) is 0 Å². The topological polar surface area (TPSA) is 133 Å². The van der Waals surface area contributed by atoms with Gasteiger partial charge in [0.2, 0.25) is 5.91 Å². The third-order valence-corrected chi connectivity index (χ3v) is 3.76. The number of carboxylic acid groups (broad SMARTS) is 1. The molecule has 0 saturated carbocycles. The molecular weight excluding hydrogens is 330 g/mol. The molecule has 0 aromatic heterocycles. The lowest BCUT2D eigenvalue weighted by atomic mass is 9.95. The molecule has 25 heavy (non-hydrogen) atoms. The zero-order chi connectivity index (χ0) is 19.0. The fourth-order valence-electron chi connectivity index (χ4n) is 2.01. The summed E-state index contributed by atoms with van der Waals surface area (Å²) in [4.78, 5) is 33.8. The van der Waals surface area contributed by atoms with Crippen LogP contribution in [-0.4, -0.2) is 44.9 Å². The van der Waals surface area contributed by atoms with E-state index in [0.717, 1.165) is 0 Å². The summed E-state index contributed by atoms with van der Waals surface area (Å²) in [6.45, 7) is 2.78. The van der Waals surface area contributed by atoms with Gasteiger partial charge in [-0.25, -0.2) is 4.79 Å². The second-order valence-corrected chi connectivity index (χ2v) is 5.67. The summed E-state index contributed by atoms with van der Waals surface area (Å²) < 4.78 is 5.03. The Labute approximate surface area is 145 Å². The number of hydrogen-bond acceptors (Lipinski definition) is 6. The lowest BCUT2D eigenvalue weighted by Crippen LogP contribution is -2.48. The van der Waals surface area contributed by atoms with Crippen LogP contribution in [0.3, 0.4) is 0 Å². The van der Waals surface area contributed by atoms with Gasteiger partial charge in [0, 0.05) is 12.1 Å². The second kappa shape index (κ2) is 9.14. The van der Waals surface area contributed by atoms with E-state index in [2.05, 4.69) is 5.32 Å². The van der Waals surface area contributed by atoms with Crippen molar-refractivity contribution < 1.29 is 34.4 Å². The molecule has 0 saturated heterocycles. The van der Waals surface area contributed by atoms with Crippen molar-refractivity contribution in [1.82, 2.24) is 0 Å². The predicted molar refractivity (Wildman–Crippen MR) is 88.7 cm³/mol. The minimum atomic E-state index is -1.95. The van der Waals surface area contributed by atoms with Crippen LogP contribution >= 0.6 is 0 Å². The first-order valence-corrected chi connectivity index (χ1v) is 7.87. The van der Waals surface area contributed by atoms with Crippen LogP contribution in [0.2, 0.25) is 0 Å². The highest BCUT2D eigenvalue weighted by molar-refractivity contribution is 5.92. The average Bonchev–Trinajstić information content (AvgIpc) is 2.58. The highest BCUT2D eigenvalue weighted by Crippen LogP contribution is 2.19. The molecule has 0 aliphatic heterocycles. The van der Waals surface area contributed by atoms with Crippen molar-refractivity contribution in [3.05, 3.63) is 29.8 Å². The van der Waals surface area contributed by atoms with Crippen molar-refractivity contribution >= 4 is 23.5 Å². The molecule has 0 radical (unpaired) electrons. The number of aliphatic hydroxyl groups is 2. The lowest BCUT2D eigenvalue weighted by molar-refractivity contribution is -0.179. The summed E-state index contributed by atoms with van der Waals surface area (Å²) in [6, 6.07) is 6.41. The van der Waals surface area contributed by atoms with E-state index in [0.29, 0.717) is 11.3 Å². The zero-order valence-corrected chi connectivity index (χ0v) is 14.2. The van der Waals surface area contributed by atoms with E-state index in [-0.39, 0.29) is 25.9 Å². The van der Waals surface area contributed by atoms with Crippen LogP contribution in [0.4, 0.5) is 5.69 Å². The maximum atomic E-state index is 11.9. The standard InChI is InChI=1S/C17H23NO7/c1-3-17(24,11(2)19)16(23)25-10-12-4-6-13(7-5-12)18-14(20)8-9-15(21)22/h4-7,11,19,24H,3,8-10H2,1-2H3,(H,18,20)(H,21,22)/t11-,17-/m1/s1. The number of aliphatic carboxylic acids is 1. The number of benzene rings is 1. The first kappa shape index (κ1) is 20.6. The van der Waals surface area contributed by atoms with Gasteiger partial charge in [-0.05, 0) is 31.0 Å². The average molecular weight is 353 g/mol. The van der Waals surface area contributed by atoms with Gasteiger partial charge in [-0.15, -0.1) is 0 Å². The molecule has 0 aliphatic carbocycles. The molecule has 1 aromatic rings. The molecule has 0 spiro atoms. The Kier molecular flexibility index (Phi) is 7.53. The van der Waals surface area contributed by atoms with Crippen molar-refractivity contribution in [2.24, 2.45) is 0 Å². The normalized spacial score (nSPS) is 14.2. The number of anilines is 1. The summed E-state index contributed by atoms with van der Waals surface area (Å²) in [5.41, 5.74) is -0.835. The smallest absolute Gasteiger partial charge is 0.341 e. The number of carboxylic acids is 1. The number of hydrogen-bond donors (Lipinski definition) is 4. The fourth-order valence-corrected chi connectivity index (χ4v) is 2.01. The molecule has 8 heteroatoms. The molecule has 1 aromatic carbocycles. The summed E-state index contributed by atoms with van der Waals surface area (Å²) in [6.07, 6.45) is -1.61. The molecule has 0 heterocycles. The molecular formula is C17H23NO7. The van der Waals surface area contributed by atoms with Crippen LogP contribution in [-0.2, 0) is 25.7 Å². The van der Waals surface area contributed by atoms with Gasteiger partial charge in [0.05, 0.1) is 12.5 Å². The molecule has 0 aliphatic rings. The van der Waals surface area contributed by atoms with Gasteiger partial charge >= 0.3 is 11.9 Å². The Morgan fingerprint density at radius 2 is 1.80 bits per heavy atom. The van der Waals surface area contributed by atoms with Crippen molar-refractivity contribution in [1.29, 1.82) is 0 Å². The minimum Gasteiger partial charge on any atom is -0.481 e. The van der Waals surface area contributed by atoms with Crippen LogP contribution in [0, 0.1) is 0 Å². The van der Waals surface area contributed by atoms with E-state index in [1.54, 1.807) is 31.2 Å². The maximum Gasteiger partial charge on any atom is 0.341 e. The van der Waals surface area contributed by atoms with E-state index in [9.17, 15) is 24.6 Å². The van der Waals surface area contributed by atoms with Crippen LogP contribution in [0.5, 0.6) is 0 Å². The third kappa shape index (κ3) is 6.17. The number of esters is 1. The lowest BCUT2D eigenvalue weighted by Gasteiger charge is -2.27. The highest BCUT2D eigenvalue weighted by atomic mass is 16.6. The number of nitrogens with one attached hydrogen (secondary N) is 1. The minimum absolute atomic E-state index is 0.0187. The van der Waals surface area contributed by atoms with E-state index >= 15 is 0 Å². The van der Waals surface area contributed by atoms with Crippen LogP contribution in [0.25, 0.3) is 0 Å². The second-order valence-electron chi connectivity index (χ2n) is 5.67. The fraction of sp³-hybridized carbons (Fsp3) is 0.471. The molecule has 0 fully saturated rings. The molecule has 2 atom stereocenters. The van der Waals surface area contributed by atoms with Crippen molar-refractivity contribution in [2.75, 3.05) is 5.32 Å². The Balaban J connectivity index is 2.56. The first-order valence-electron chi connectivity index (χ1n) is 7.87. The Hall–Kier alpha value is -2.45. The van der Waals surface area contributed by atoms with Crippen LogP contribution in [0.1, 0.15) is 38.7 Å². The van der Waals surface area contributed by atoms with E-state index in [4.69, 9.17) is 9.84 Å². The molecule has 1 rings (SSSR count). The van der Waals surface area contributed by atoms with E-state index in [1.165, 1.54) is 6.92 Å². The molecule has 0 bridgehead atoms. The van der Waals surface area contributed by atoms with Gasteiger partial charge in [-0.1, -0.05) is 19.1 Å². The van der Waals surface area contributed by atoms with Gasteiger partial charge < -0.3 is 25.4 Å². The summed E-state index contributed by atoms with van der Waals surface area (Å²) in [5.74, 6) is -2.36. The summed E-state index contributed by atoms with van der Waals surface area (Å²) in [7, 11) is 0. The predicted octanol–water partition coefficient (Wildman–Crippen LogP) is 1.05. The SMILES string of the molecule is CC[C@](O)(C(=O)OCc1ccc(NC(=O)CCC(=O)O)cc1)[C@@H](C)O. The van der Waals surface area contributed by atoms with Crippen LogP contribution in [0.15, 0.2) is 24.3 Å². The number of aliphatic hydroxyl groups excluding tert-OH is 1. The van der Waals surface area contributed by atoms with Gasteiger partial charge in [0.15, 0.2) is 5.60 Å². The van der Waals surface area contributed by atoms with Crippen molar-refractivity contribution in [3.8, 4) is 0 Å². The van der Waals surface area contributed by atoms with Gasteiger partial charge in [-0.2, -0.15) is 0 Å². The highest BCUT2D eigenvalue weighted by Gasteiger charge is 2.40. The number of rotatable bonds is 9. The van der Waals surface area contributed by atoms with Gasteiger partial charge in [0.25, 0.3) is 0 Å². The van der Waals surface area contributed by atoms with E-state index < -0.39 is 29.6 Å². The van der Waals surface area contributed by atoms with Gasteiger partial charge in [-0.3, -0.25) is 9.59 Å². The summed E-state index contributed by atoms with van der Waals surface area (Å²) in [5, 5.41) is 30.7. The molecule has 0 unspecified atom stereocenters. The molecule has 1 amide bonds. The van der Waals surface area contributed by atoms with E-state index in [1.807, 2.05) is 0 Å². The number of carbonyl (C=O) groups is 3. The summed E-state index contributed by atoms with van der Waals surface area (Å²) >= 11 is 0. The monoisotopic (exact) mass is 353 g/mol. The Morgan fingerprint density at radius 1 is 1.20 bits per heavy atom. The zero-order valence-electron chi connectivity index (χ0n) is 14.2. The number of carbonyl (C=O) groups excluding carboxylic acids is 2. The Bertz CT molecular complexity index is 612. The van der Waals surface area contributed by atoms with Gasteiger partial charge in [0.1, 0.15) is 6.61 Å². The third-order valence-electron chi connectivity index (χ3n) is 3.76. The number of amides is 1. The first-order chi connectivity index (χ1) is 11.7. The van der Waals surface area contributed by atoms with Crippen LogP contribution < -0.4 is 5.32 Å². The molecule has 138 valence electrons. The molecule has 8 nitrogen and oxygen atoms in total. The molecule has 4 N–H and O–H groups in total. The number of ether oxygens (including phenoxy) is 1. The maximum absolute atomic E-state index is 11.9. The quantitative estimate of drug-likeness (QED) is 0.488. The Morgan fingerprint density at radius 3 is 2.28 bits per heavy atom.